The summed E-state index contributed by atoms with van der Waals surface area (Å²) >= 11 is 7.24. The number of rotatable bonds is 3. The molecule has 5 nitrogen and oxygen atoms in total. The first-order chi connectivity index (χ1) is 13.5. The molecule has 0 aliphatic carbocycles. The number of aromatic hydroxyl groups is 1. The maximum absolute atomic E-state index is 12.7. The van der Waals surface area contributed by atoms with E-state index in [0.717, 1.165) is 17.1 Å². The van der Waals surface area contributed by atoms with Crippen molar-refractivity contribution in [1.82, 2.24) is 9.47 Å². The molecule has 3 aromatic rings. The molecule has 28 heavy (non-hydrogen) atoms. The van der Waals surface area contributed by atoms with E-state index in [1.807, 2.05) is 53.2 Å². The van der Waals surface area contributed by atoms with Gasteiger partial charge in [-0.2, -0.15) is 0 Å². The van der Waals surface area contributed by atoms with Crippen molar-refractivity contribution in [2.45, 2.75) is 0 Å². The van der Waals surface area contributed by atoms with E-state index in [0.29, 0.717) is 15.1 Å². The lowest BCUT2D eigenvalue weighted by molar-refractivity contribution is -0.121. The van der Waals surface area contributed by atoms with Crippen LogP contribution in [0.15, 0.2) is 76.8 Å². The number of hydrogen-bond acceptors (Lipinski definition) is 4. The van der Waals surface area contributed by atoms with E-state index in [4.69, 9.17) is 11.6 Å². The van der Waals surface area contributed by atoms with Gasteiger partial charge in [-0.05, 0) is 78.5 Å². The number of nitrogens with zero attached hydrogens (tertiary/aromatic N) is 3. The summed E-state index contributed by atoms with van der Waals surface area (Å²) in [6, 6.07) is 17.9. The van der Waals surface area contributed by atoms with Gasteiger partial charge in [0.1, 0.15) is 5.75 Å². The van der Waals surface area contributed by atoms with Gasteiger partial charge in [-0.25, -0.2) is 4.99 Å². The number of phenols is 1. The summed E-state index contributed by atoms with van der Waals surface area (Å²) in [6.45, 7) is 0. The summed E-state index contributed by atoms with van der Waals surface area (Å²) in [5, 5.41) is 10.7. The van der Waals surface area contributed by atoms with Crippen molar-refractivity contribution in [2.24, 2.45) is 4.99 Å². The van der Waals surface area contributed by atoms with Crippen molar-refractivity contribution < 1.29 is 9.90 Å². The second-order valence-corrected chi connectivity index (χ2v) is 7.61. The van der Waals surface area contributed by atoms with Crippen LogP contribution in [0.4, 0.5) is 5.69 Å². The fourth-order valence-corrected chi connectivity index (χ4v) is 3.87. The molecule has 1 saturated heterocycles. The molecule has 1 aromatic heterocycles. The van der Waals surface area contributed by atoms with Gasteiger partial charge in [0.05, 0.1) is 10.6 Å². The van der Waals surface area contributed by atoms with E-state index in [1.165, 1.54) is 11.8 Å². The molecule has 1 fully saturated rings. The summed E-state index contributed by atoms with van der Waals surface area (Å²) in [5.74, 6) is 0.109. The van der Waals surface area contributed by atoms with Crippen LogP contribution >= 0.6 is 23.4 Å². The van der Waals surface area contributed by atoms with E-state index in [-0.39, 0.29) is 11.7 Å². The van der Waals surface area contributed by atoms with Crippen LogP contribution in [-0.2, 0) is 4.79 Å². The number of carbonyl (C=O) groups is 1. The Bertz CT molecular complexity index is 1090. The van der Waals surface area contributed by atoms with Crippen LogP contribution in [0.5, 0.6) is 5.75 Å². The first-order valence-corrected chi connectivity index (χ1v) is 9.69. The molecule has 1 N–H and O–H groups in total. The van der Waals surface area contributed by atoms with E-state index < -0.39 is 0 Å². The minimum absolute atomic E-state index is 0.101. The number of benzene rings is 2. The normalized spacial score (nSPS) is 17.1. The number of carbonyl (C=O) groups excluding carboxylic acids is 1. The Kier molecular flexibility index (Phi) is 4.98. The standard InChI is InChI=1S/C21H16ClN3O2S/c1-24-20(27)19(28-21(24)23-15-6-4-14(22)5-7-15)13-17-3-2-12-25(17)16-8-10-18(26)11-9-16/h2-13,26H,1H3/b19-13-,23-21?. The summed E-state index contributed by atoms with van der Waals surface area (Å²) in [4.78, 5) is 19.4. The Morgan fingerprint density at radius 3 is 2.50 bits per heavy atom. The highest BCUT2D eigenvalue weighted by Crippen LogP contribution is 2.33. The molecule has 2 heterocycles. The molecule has 0 bridgehead atoms. The second-order valence-electron chi connectivity index (χ2n) is 6.17. The van der Waals surface area contributed by atoms with Crippen LogP contribution in [0.2, 0.25) is 5.02 Å². The number of aliphatic imine (C=N–C) groups is 1. The molecule has 140 valence electrons. The zero-order valence-corrected chi connectivity index (χ0v) is 16.5. The maximum Gasteiger partial charge on any atom is 0.266 e. The quantitative estimate of drug-likeness (QED) is 0.614. The average Bonchev–Trinajstić information content (AvgIpc) is 3.25. The van der Waals surface area contributed by atoms with Crippen molar-refractivity contribution in [3.63, 3.8) is 0 Å². The molecule has 0 atom stereocenters. The van der Waals surface area contributed by atoms with E-state index >= 15 is 0 Å². The van der Waals surface area contributed by atoms with Crippen LogP contribution < -0.4 is 0 Å². The Morgan fingerprint density at radius 1 is 1.07 bits per heavy atom. The van der Waals surface area contributed by atoms with Crippen LogP contribution in [0.3, 0.4) is 0 Å². The van der Waals surface area contributed by atoms with Crippen molar-refractivity contribution in [3.05, 3.63) is 82.5 Å². The topological polar surface area (TPSA) is 57.8 Å². The van der Waals surface area contributed by atoms with Crippen molar-refractivity contribution in [2.75, 3.05) is 7.05 Å². The van der Waals surface area contributed by atoms with Crippen molar-refractivity contribution >= 4 is 46.2 Å². The van der Waals surface area contributed by atoms with Gasteiger partial charge in [0.2, 0.25) is 0 Å². The number of hydrogen-bond donors (Lipinski definition) is 1. The van der Waals surface area contributed by atoms with Gasteiger partial charge in [-0.3, -0.25) is 9.69 Å². The van der Waals surface area contributed by atoms with Gasteiger partial charge in [0.15, 0.2) is 5.17 Å². The van der Waals surface area contributed by atoms with Crippen LogP contribution in [0.1, 0.15) is 5.69 Å². The summed E-state index contributed by atoms with van der Waals surface area (Å²) in [5.41, 5.74) is 2.50. The third-order valence-electron chi connectivity index (χ3n) is 4.24. The van der Waals surface area contributed by atoms with E-state index in [1.54, 1.807) is 36.2 Å². The minimum atomic E-state index is -0.101. The van der Waals surface area contributed by atoms with Crippen LogP contribution in [-0.4, -0.2) is 32.7 Å². The molecule has 1 amide bonds. The third kappa shape index (κ3) is 3.69. The number of halogens is 1. The molecule has 1 aliphatic heterocycles. The number of aromatic nitrogens is 1. The first-order valence-electron chi connectivity index (χ1n) is 8.50. The van der Waals surface area contributed by atoms with Crippen LogP contribution in [0.25, 0.3) is 11.8 Å². The van der Waals surface area contributed by atoms with Gasteiger partial charge < -0.3 is 9.67 Å². The summed E-state index contributed by atoms with van der Waals surface area (Å²) < 4.78 is 1.95. The summed E-state index contributed by atoms with van der Waals surface area (Å²) in [6.07, 6.45) is 3.76. The smallest absolute Gasteiger partial charge is 0.266 e. The number of amidine groups is 1. The van der Waals surface area contributed by atoms with Gasteiger partial charge in [-0.15, -0.1) is 0 Å². The average molecular weight is 410 g/mol. The monoisotopic (exact) mass is 409 g/mol. The fraction of sp³-hybridized carbons (Fsp3) is 0.0476. The Morgan fingerprint density at radius 2 is 1.79 bits per heavy atom. The number of likely N-dealkylation sites (N-methyl/N-ethyl adjacent to an activating group) is 1. The predicted molar refractivity (Wildman–Crippen MR) is 114 cm³/mol. The van der Waals surface area contributed by atoms with Gasteiger partial charge >= 0.3 is 0 Å². The van der Waals surface area contributed by atoms with Crippen molar-refractivity contribution in [1.29, 1.82) is 0 Å². The van der Waals surface area contributed by atoms with E-state index in [9.17, 15) is 9.90 Å². The Balaban J connectivity index is 1.64. The van der Waals surface area contributed by atoms with Gasteiger partial charge in [0.25, 0.3) is 5.91 Å². The molecular weight excluding hydrogens is 394 g/mol. The molecule has 7 heteroatoms. The number of thioether (sulfide) groups is 1. The largest absolute Gasteiger partial charge is 0.508 e. The highest BCUT2D eigenvalue weighted by Gasteiger charge is 2.30. The fourth-order valence-electron chi connectivity index (χ4n) is 2.77. The minimum Gasteiger partial charge on any atom is -0.508 e. The highest BCUT2D eigenvalue weighted by atomic mass is 35.5. The molecular formula is C21H16ClN3O2S. The van der Waals surface area contributed by atoms with Crippen LogP contribution in [0, 0.1) is 0 Å². The zero-order chi connectivity index (χ0) is 19.7. The van der Waals surface area contributed by atoms with Gasteiger partial charge in [-0.1, -0.05) is 11.6 Å². The molecule has 1 aliphatic rings. The first kappa shape index (κ1) is 18.4. The third-order valence-corrected chi connectivity index (χ3v) is 5.55. The molecule has 0 unspecified atom stereocenters. The Labute approximate surface area is 171 Å². The molecule has 0 saturated carbocycles. The second kappa shape index (κ2) is 7.58. The highest BCUT2D eigenvalue weighted by molar-refractivity contribution is 8.18. The summed E-state index contributed by atoms with van der Waals surface area (Å²) in [7, 11) is 1.71. The zero-order valence-electron chi connectivity index (χ0n) is 14.9. The maximum atomic E-state index is 12.7. The molecule has 2 aromatic carbocycles. The predicted octanol–water partition coefficient (Wildman–Crippen LogP) is 5.07. The van der Waals surface area contributed by atoms with Crippen molar-refractivity contribution in [3.8, 4) is 11.4 Å². The SMILES string of the molecule is CN1C(=O)/C(=C/c2cccn2-c2ccc(O)cc2)SC1=Nc1ccc(Cl)cc1. The Hall–Kier alpha value is -2.96. The lowest BCUT2D eigenvalue weighted by Crippen LogP contribution is -2.23. The number of amides is 1. The van der Waals surface area contributed by atoms with E-state index in [2.05, 4.69) is 4.99 Å². The molecule has 0 spiro atoms. The molecule has 4 rings (SSSR count). The lowest BCUT2D eigenvalue weighted by Gasteiger charge is -2.07. The number of phenolic OH excluding ortho intramolecular Hbond substituents is 1. The lowest BCUT2D eigenvalue weighted by atomic mass is 10.3. The molecule has 0 radical (unpaired) electrons. The van der Waals surface area contributed by atoms with Gasteiger partial charge in [0, 0.05) is 29.6 Å².